The van der Waals surface area contributed by atoms with Crippen molar-refractivity contribution in [1.29, 1.82) is 0 Å². The molecule has 2 aromatic carbocycles. The molecule has 0 fully saturated rings. The normalized spacial score (nSPS) is 12.5. The zero-order chi connectivity index (χ0) is 17.9. The predicted octanol–water partition coefficient (Wildman–Crippen LogP) is 5.24. The smallest absolute Gasteiger partial charge is 0.230 e. The minimum atomic E-state index is -0.500. The van der Waals surface area contributed by atoms with Crippen LogP contribution in [0.2, 0.25) is 0 Å². The molecule has 0 aromatic heterocycles. The van der Waals surface area contributed by atoms with Crippen LogP contribution in [-0.2, 0) is 4.79 Å². The number of carbonyl (C=O) groups excluding carboxylic acids is 1. The van der Waals surface area contributed by atoms with Crippen LogP contribution in [0.25, 0.3) is 11.1 Å². The zero-order valence-electron chi connectivity index (χ0n) is 15.1. The molecule has 2 rings (SSSR count). The van der Waals surface area contributed by atoms with Gasteiger partial charge in [0.1, 0.15) is 5.82 Å². The third-order valence-corrected chi connectivity index (χ3v) is 4.31. The Morgan fingerprint density at radius 2 is 1.46 bits per heavy atom. The first kappa shape index (κ1) is 18.2. The second-order valence-corrected chi connectivity index (χ2v) is 6.76. The molecule has 1 amide bonds. The quantitative estimate of drug-likeness (QED) is 0.735. The minimum absolute atomic E-state index is 0.0358. The average molecular weight is 327 g/mol. The van der Waals surface area contributed by atoms with Gasteiger partial charge >= 0.3 is 0 Å². The van der Waals surface area contributed by atoms with Gasteiger partial charge in [-0.3, -0.25) is 4.79 Å². The van der Waals surface area contributed by atoms with Crippen LogP contribution in [0.4, 0.5) is 4.39 Å². The molecule has 0 N–H and O–H groups in total. The van der Waals surface area contributed by atoms with Crippen molar-refractivity contribution in [3.63, 3.8) is 0 Å². The summed E-state index contributed by atoms with van der Waals surface area (Å²) < 4.78 is 14.6. The molecule has 2 nitrogen and oxygen atoms in total. The Balaban J connectivity index is 2.30. The highest BCUT2D eigenvalue weighted by atomic mass is 19.1. The fourth-order valence-corrected chi connectivity index (χ4v) is 3.15. The SMILES string of the molecule is CC(C(=O)N(C(C)C)C(C)C)c1ccc(-c2ccccc2)cc1F. The molecule has 2 aromatic rings. The van der Waals surface area contributed by atoms with Gasteiger partial charge in [0.25, 0.3) is 0 Å². The monoisotopic (exact) mass is 327 g/mol. The molecular weight excluding hydrogens is 301 g/mol. The first-order valence-electron chi connectivity index (χ1n) is 8.50. The van der Waals surface area contributed by atoms with Crippen LogP contribution >= 0.6 is 0 Å². The van der Waals surface area contributed by atoms with Gasteiger partial charge in [-0.05, 0) is 51.8 Å². The molecule has 1 atom stereocenters. The Morgan fingerprint density at radius 1 is 0.875 bits per heavy atom. The van der Waals surface area contributed by atoms with Gasteiger partial charge in [0.05, 0.1) is 5.92 Å². The van der Waals surface area contributed by atoms with Crippen molar-refractivity contribution in [3.05, 3.63) is 59.9 Å². The molecule has 0 saturated heterocycles. The van der Waals surface area contributed by atoms with Crippen LogP contribution in [0.1, 0.15) is 46.1 Å². The summed E-state index contributed by atoms with van der Waals surface area (Å²) in [5.41, 5.74) is 2.24. The fraction of sp³-hybridized carbons (Fsp3) is 0.381. The number of hydrogen-bond acceptors (Lipinski definition) is 1. The van der Waals surface area contributed by atoms with Crippen molar-refractivity contribution in [3.8, 4) is 11.1 Å². The third kappa shape index (κ3) is 3.84. The molecule has 0 aliphatic heterocycles. The van der Waals surface area contributed by atoms with E-state index in [1.807, 2.05) is 69.0 Å². The summed E-state index contributed by atoms with van der Waals surface area (Å²) in [7, 11) is 0. The maximum atomic E-state index is 14.6. The van der Waals surface area contributed by atoms with Crippen molar-refractivity contribution in [2.75, 3.05) is 0 Å². The number of amides is 1. The number of benzene rings is 2. The number of halogens is 1. The van der Waals surface area contributed by atoms with Crippen LogP contribution in [0.5, 0.6) is 0 Å². The van der Waals surface area contributed by atoms with E-state index in [4.69, 9.17) is 0 Å². The van der Waals surface area contributed by atoms with Crippen molar-refractivity contribution in [2.24, 2.45) is 0 Å². The van der Waals surface area contributed by atoms with Gasteiger partial charge in [-0.25, -0.2) is 4.39 Å². The predicted molar refractivity (Wildman–Crippen MR) is 97.4 cm³/mol. The van der Waals surface area contributed by atoms with E-state index in [2.05, 4.69) is 0 Å². The first-order chi connectivity index (χ1) is 11.3. The highest BCUT2D eigenvalue weighted by Gasteiger charge is 2.27. The molecule has 0 spiro atoms. The van der Waals surface area contributed by atoms with Crippen LogP contribution in [0, 0.1) is 5.82 Å². The van der Waals surface area contributed by atoms with Gasteiger partial charge in [-0.15, -0.1) is 0 Å². The lowest BCUT2D eigenvalue weighted by Gasteiger charge is -2.33. The van der Waals surface area contributed by atoms with E-state index in [9.17, 15) is 9.18 Å². The molecule has 0 heterocycles. The second-order valence-electron chi connectivity index (χ2n) is 6.76. The highest BCUT2D eigenvalue weighted by molar-refractivity contribution is 5.84. The fourth-order valence-electron chi connectivity index (χ4n) is 3.15. The summed E-state index contributed by atoms with van der Waals surface area (Å²) in [5.74, 6) is -0.865. The van der Waals surface area contributed by atoms with Crippen molar-refractivity contribution in [2.45, 2.75) is 52.6 Å². The Hall–Kier alpha value is -2.16. The van der Waals surface area contributed by atoms with Crippen LogP contribution in [0.15, 0.2) is 48.5 Å². The van der Waals surface area contributed by atoms with E-state index >= 15 is 0 Å². The molecule has 0 saturated carbocycles. The number of rotatable bonds is 5. The summed E-state index contributed by atoms with van der Waals surface area (Å²) in [4.78, 5) is 14.6. The van der Waals surface area contributed by atoms with E-state index in [1.54, 1.807) is 13.0 Å². The van der Waals surface area contributed by atoms with E-state index < -0.39 is 5.92 Å². The molecule has 0 aliphatic carbocycles. The number of nitrogens with zero attached hydrogens (tertiary/aromatic N) is 1. The van der Waals surface area contributed by atoms with Crippen LogP contribution in [-0.4, -0.2) is 22.9 Å². The molecule has 1 unspecified atom stereocenters. The lowest BCUT2D eigenvalue weighted by atomic mass is 9.95. The van der Waals surface area contributed by atoms with Gasteiger partial charge in [-0.2, -0.15) is 0 Å². The Morgan fingerprint density at radius 3 is 1.96 bits per heavy atom. The summed E-state index contributed by atoms with van der Waals surface area (Å²) in [6.45, 7) is 9.72. The average Bonchev–Trinajstić information content (AvgIpc) is 2.54. The van der Waals surface area contributed by atoms with E-state index in [1.165, 1.54) is 6.07 Å². The van der Waals surface area contributed by atoms with Gasteiger partial charge in [-0.1, -0.05) is 42.5 Å². The van der Waals surface area contributed by atoms with Crippen molar-refractivity contribution >= 4 is 5.91 Å². The van der Waals surface area contributed by atoms with Gasteiger partial charge < -0.3 is 4.90 Å². The molecule has 0 radical (unpaired) electrons. The Bertz CT molecular complexity index is 686. The summed E-state index contributed by atoms with van der Waals surface area (Å²) in [6.07, 6.45) is 0. The van der Waals surface area contributed by atoms with E-state index in [0.29, 0.717) is 5.56 Å². The molecule has 128 valence electrons. The van der Waals surface area contributed by atoms with Crippen LogP contribution < -0.4 is 0 Å². The molecule has 3 heteroatoms. The van der Waals surface area contributed by atoms with Gasteiger partial charge in [0, 0.05) is 17.6 Å². The largest absolute Gasteiger partial charge is 0.337 e. The molecule has 0 bridgehead atoms. The molecule has 24 heavy (non-hydrogen) atoms. The molecular formula is C21H26FNO. The number of carbonyl (C=O) groups is 1. The Kier molecular flexibility index (Phi) is 5.76. The van der Waals surface area contributed by atoms with Gasteiger partial charge in [0.15, 0.2) is 0 Å². The molecule has 0 aliphatic rings. The lowest BCUT2D eigenvalue weighted by Crippen LogP contribution is -2.44. The van der Waals surface area contributed by atoms with Gasteiger partial charge in [0.2, 0.25) is 5.91 Å². The maximum Gasteiger partial charge on any atom is 0.230 e. The summed E-state index contributed by atoms with van der Waals surface area (Å²) in [6, 6.07) is 15.0. The first-order valence-corrected chi connectivity index (χ1v) is 8.50. The maximum absolute atomic E-state index is 14.6. The second kappa shape index (κ2) is 7.61. The topological polar surface area (TPSA) is 20.3 Å². The van der Waals surface area contributed by atoms with Crippen molar-refractivity contribution in [1.82, 2.24) is 4.90 Å². The summed E-state index contributed by atoms with van der Waals surface area (Å²) in [5, 5.41) is 0. The standard InChI is InChI=1S/C21H26FNO/c1-14(2)23(15(3)4)21(24)16(5)19-12-11-18(13-20(19)22)17-9-7-6-8-10-17/h6-16H,1-5H3. The number of hydrogen-bond donors (Lipinski definition) is 0. The minimum Gasteiger partial charge on any atom is -0.337 e. The lowest BCUT2D eigenvalue weighted by molar-refractivity contribution is -0.136. The van der Waals surface area contributed by atoms with E-state index in [0.717, 1.165) is 11.1 Å². The summed E-state index contributed by atoms with van der Waals surface area (Å²) >= 11 is 0. The van der Waals surface area contributed by atoms with Crippen LogP contribution in [0.3, 0.4) is 0 Å². The van der Waals surface area contributed by atoms with E-state index in [-0.39, 0.29) is 23.8 Å². The third-order valence-electron chi connectivity index (χ3n) is 4.31. The van der Waals surface area contributed by atoms with Crippen molar-refractivity contribution < 1.29 is 9.18 Å². The highest BCUT2D eigenvalue weighted by Crippen LogP contribution is 2.27. The zero-order valence-corrected chi connectivity index (χ0v) is 15.1. The Labute approximate surface area is 144 Å².